The van der Waals surface area contributed by atoms with Crippen molar-refractivity contribution in [3.8, 4) is 0 Å². The molecule has 0 atom stereocenters. The minimum atomic E-state index is 1.00. The highest BCUT2D eigenvalue weighted by molar-refractivity contribution is 7.07. The van der Waals surface area contributed by atoms with Crippen LogP contribution in [0.4, 0.5) is 0 Å². The molecule has 1 aromatic heterocycles. The summed E-state index contributed by atoms with van der Waals surface area (Å²) < 4.78 is 0. The maximum absolute atomic E-state index is 4.37. The van der Waals surface area contributed by atoms with Gasteiger partial charge in [-0.15, -0.1) is 11.3 Å². The Balaban J connectivity index is 1.50. The fraction of sp³-hybridized carbons (Fsp3) is 0.438. The van der Waals surface area contributed by atoms with Crippen LogP contribution in [0.5, 0.6) is 0 Å². The van der Waals surface area contributed by atoms with Crippen LogP contribution in [0.25, 0.3) is 0 Å². The molecular formula is C16H21N3S. The highest BCUT2D eigenvalue weighted by atomic mass is 32.1. The van der Waals surface area contributed by atoms with Gasteiger partial charge in [-0.3, -0.25) is 9.80 Å². The van der Waals surface area contributed by atoms with Gasteiger partial charge < -0.3 is 0 Å². The summed E-state index contributed by atoms with van der Waals surface area (Å²) in [5, 5.41) is 2.15. The van der Waals surface area contributed by atoms with Gasteiger partial charge >= 0.3 is 0 Å². The van der Waals surface area contributed by atoms with E-state index < -0.39 is 0 Å². The minimum absolute atomic E-state index is 1.00. The van der Waals surface area contributed by atoms with E-state index in [9.17, 15) is 0 Å². The summed E-state index contributed by atoms with van der Waals surface area (Å²) in [4.78, 5) is 9.43. The summed E-state index contributed by atoms with van der Waals surface area (Å²) in [6.45, 7) is 8.87. The van der Waals surface area contributed by atoms with Gasteiger partial charge in [-0.25, -0.2) is 4.98 Å². The summed E-state index contributed by atoms with van der Waals surface area (Å²) in [5.74, 6) is 0. The maximum Gasteiger partial charge on any atom is 0.0795 e. The number of aryl methyl sites for hydroxylation is 1. The Kier molecular flexibility index (Phi) is 4.45. The second-order valence-electron chi connectivity index (χ2n) is 5.46. The maximum atomic E-state index is 4.37. The van der Waals surface area contributed by atoms with Gasteiger partial charge in [0, 0.05) is 44.6 Å². The number of nitrogens with zero attached hydrogens (tertiary/aromatic N) is 3. The highest BCUT2D eigenvalue weighted by Gasteiger charge is 2.17. The van der Waals surface area contributed by atoms with Crippen molar-refractivity contribution in [2.45, 2.75) is 20.0 Å². The van der Waals surface area contributed by atoms with E-state index >= 15 is 0 Å². The molecule has 0 bridgehead atoms. The molecule has 0 radical (unpaired) electrons. The Morgan fingerprint density at radius 1 is 1.05 bits per heavy atom. The molecule has 2 aromatic rings. The predicted molar refractivity (Wildman–Crippen MR) is 83.8 cm³/mol. The van der Waals surface area contributed by atoms with Gasteiger partial charge in [-0.05, 0) is 18.1 Å². The lowest BCUT2D eigenvalue weighted by Gasteiger charge is -2.34. The molecule has 0 N–H and O–H groups in total. The molecule has 4 heteroatoms. The molecule has 106 valence electrons. The Labute approximate surface area is 124 Å². The SMILES string of the molecule is Cc1ccccc1CN1CCN(Cc2cscn2)CC1. The Morgan fingerprint density at radius 2 is 1.75 bits per heavy atom. The Morgan fingerprint density at radius 3 is 2.40 bits per heavy atom. The van der Waals surface area contributed by atoms with Crippen LogP contribution in [0.3, 0.4) is 0 Å². The van der Waals surface area contributed by atoms with Crippen LogP contribution in [0, 0.1) is 6.92 Å². The van der Waals surface area contributed by atoms with Crippen molar-refractivity contribution in [2.24, 2.45) is 0 Å². The molecule has 20 heavy (non-hydrogen) atoms. The van der Waals surface area contributed by atoms with Gasteiger partial charge in [-0.1, -0.05) is 24.3 Å². The molecule has 0 unspecified atom stereocenters. The van der Waals surface area contributed by atoms with Gasteiger partial charge in [0.25, 0.3) is 0 Å². The Hall–Kier alpha value is -1.23. The van der Waals surface area contributed by atoms with Crippen molar-refractivity contribution in [3.05, 3.63) is 52.0 Å². The zero-order chi connectivity index (χ0) is 13.8. The van der Waals surface area contributed by atoms with Gasteiger partial charge in [-0.2, -0.15) is 0 Å². The smallest absolute Gasteiger partial charge is 0.0795 e. The van der Waals surface area contributed by atoms with Crippen molar-refractivity contribution in [1.82, 2.24) is 14.8 Å². The third-order valence-electron chi connectivity index (χ3n) is 3.99. The van der Waals surface area contributed by atoms with E-state index in [1.165, 1.54) is 16.8 Å². The van der Waals surface area contributed by atoms with E-state index in [1.807, 2.05) is 5.51 Å². The summed E-state index contributed by atoms with van der Waals surface area (Å²) in [6, 6.07) is 8.70. The lowest BCUT2D eigenvalue weighted by atomic mass is 10.1. The fourth-order valence-electron chi connectivity index (χ4n) is 2.68. The van der Waals surface area contributed by atoms with Crippen LogP contribution in [-0.2, 0) is 13.1 Å². The van der Waals surface area contributed by atoms with E-state index in [4.69, 9.17) is 0 Å². The Bertz CT molecular complexity index is 530. The van der Waals surface area contributed by atoms with Crippen LogP contribution >= 0.6 is 11.3 Å². The van der Waals surface area contributed by atoms with Crippen molar-refractivity contribution in [2.75, 3.05) is 26.2 Å². The number of hydrogen-bond acceptors (Lipinski definition) is 4. The average molecular weight is 287 g/mol. The first-order valence-electron chi connectivity index (χ1n) is 7.17. The second-order valence-corrected chi connectivity index (χ2v) is 6.18. The van der Waals surface area contributed by atoms with Crippen molar-refractivity contribution in [1.29, 1.82) is 0 Å². The fourth-order valence-corrected chi connectivity index (χ4v) is 3.23. The molecule has 1 saturated heterocycles. The van der Waals surface area contributed by atoms with E-state index in [-0.39, 0.29) is 0 Å². The highest BCUT2D eigenvalue weighted by Crippen LogP contribution is 2.14. The average Bonchev–Trinajstić information content (AvgIpc) is 2.96. The normalized spacial score (nSPS) is 17.4. The largest absolute Gasteiger partial charge is 0.297 e. The molecule has 3 rings (SSSR count). The molecule has 0 amide bonds. The molecule has 3 nitrogen and oxygen atoms in total. The van der Waals surface area contributed by atoms with Gasteiger partial charge in [0.2, 0.25) is 0 Å². The van der Waals surface area contributed by atoms with Gasteiger partial charge in [0.1, 0.15) is 0 Å². The van der Waals surface area contributed by atoms with Crippen molar-refractivity contribution in [3.63, 3.8) is 0 Å². The molecule has 1 aliphatic rings. The zero-order valence-electron chi connectivity index (χ0n) is 12.0. The number of benzene rings is 1. The summed E-state index contributed by atoms with van der Waals surface area (Å²) in [5.41, 5.74) is 5.99. The number of thiazole rings is 1. The molecule has 0 spiro atoms. The first-order valence-corrected chi connectivity index (χ1v) is 8.12. The molecule has 2 heterocycles. The monoisotopic (exact) mass is 287 g/mol. The second kappa shape index (κ2) is 6.48. The first-order chi connectivity index (χ1) is 9.81. The van der Waals surface area contributed by atoms with Crippen molar-refractivity contribution >= 4 is 11.3 Å². The van der Waals surface area contributed by atoms with Crippen LogP contribution in [0.15, 0.2) is 35.2 Å². The molecule has 0 saturated carbocycles. The predicted octanol–water partition coefficient (Wildman–Crippen LogP) is 2.77. The number of hydrogen-bond donors (Lipinski definition) is 0. The van der Waals surface area contributed by atoms with E-state index in [1.54, 1.807) is 11.3 Å². The number of rotatable bonds is 4. The van der Waals surface area contributed by atoms with Gasteiger partial charge in [0.05, 0.1) is 11.2 Å². The quantitative estimate of drug-likeness (QED) is 0.862. The zero-order valence-corrected chi connectivity index (χ0v) is 12.8. The summed E-state index contributed by atoms with van der Waals surface area (Å²) in [7, 11) is 0. The molecule has 1 fully saturated rings. The number of aromatic nitrogens is 1. The standard InChI is InChI=1S/C16H21N3S/c1-14-4-2-3-5-15(14)10-18-6-8-19(9-7-18)11-16-12-20-13-17-16/h2-5,12-13H,6-11H2,1H3. The molecule has 1 aliphatic heterocycles. The van der Waals surface area contributed by atoms with Crippen LogP contribution in [-0.4, -0.2) is 41.0 Å². The number of piperazine rings is 1. The third kappa shape index (κ3) is 3.45. The summed E-state index contributed by atoms with van der Waals surface area (Å²) >= 11 is 1.68. The van der Waals surface area contributed by atoms with Crippen molar-refractivity contribution < 1.29 is 0 Å². The molecule has 1 aromatic carbocycles. The van der Waals surface area contributed by atoms with E-state index in [2.05, 4.69) is 51.4 Å². The van der Waals surface area contributed by atoms with Crippen LogP contribution in [0.2, 0.25) is 0 Å². The van der Waals surface area contributed by atoms with Gasteiger partial charge in [0.15, 0.2) is 0 Å². The van der Waals surface area contributed by atoms with E-state index in [0.717, 1.165) is 39.3 Å². The van der Waals surface area contributed by atoms with E-state index in [0.29, 0.717) is 0 Å². The van der Waals surface area contributed by atoms with Crippen LogP contribution < -0.4 is 0 Å². The molecular weight excluding hydrogens is 266 g/mol. The topological polar surface area (TPSA) is 19.4 Å². The first kappa shape index (κ1) is 13.7. The lowest BCUT2D eigenvalue weighted by Crippen LogP contribution is -2.45. The summed E-state index contributed by atoms with van der Waals surface area (Å²) in [6.07, 6.45) is 0. The third-order valence-corrected chi connectivity index (χ3v) is 4.62. The lowest BCUT2D eigenvalue weighted by molar-refractivity contribution is 0.121. The minimum Gasteiger partial charge on any atom is -0.297 e. The van der Waals surface area contributed by atoms with Crippen LogP contribution in [0.1, 0.15) is 16.8 Å². The molecule has 0 aliphatic carbocycles.